The maximum Gasteiger partial charge on any atom is 0.343 e. The van der Waals surface area contributed by atoms with Gasteiger partial charge in [0, 0.05) is 7.05 Å². The Kier molecular flexibility index (Phi) is 6.07. The molecule has 0 aliphatic rings. The van der Waals surface area contributed by atoms with E-state index in [1.165, 1.54) is 38.0 Å². The molecule has 0 spiro atoms. The molecule has 0 aliphatic carbocycles. The Morgan fingerprint density at radius 3 is 2.63 bits per heavy atom. The largest absolute Gasteiger partial charge is 0.481 e. The van der Waals surface area contributed by atoms with Crippen molar-refractivity contribution in [2.45, 2.75) is 25.3 Å². The quantitative estimate of drug-likeness (QED) is 0.470. The number of rotatable bonds is 7. The molecule has 0 aromatic carbocycles. The van der Waals surface area contributed by atoms with Gasteiger partial charge in [0.2, 0.25) is 16.6 Å². The Balaban J connectivity index is 2.16. The first-order valence-electron chi connectivity index (χ1n) is 8.72. The lowest BCUT2D eigenvalue weighted by molar-refractivity contribution is 0.0499. The maximum absolute atomic E-state index is 13.0. The lowest BCUT2D eigenvalue weighted by atomic mass is 10.3. The lowest BCUT2D eigenvalue weighted by Crippen LogP contribution is -2.15. The van der Waals surface area contributed by atoms with Crippen LogP contribution < -0.4 is 14.3 Å². The van der Waals surface area contributed by atoms with Crippen molar-refractivity contribution < 1.29 is 27.4 Å². The van der Waals surface area contributed by atoms with E-state index in [1.54, 1.807) is 0 Å². The molecular weight excluding hydrogens is 436 g/mol. The minimum Gasteiger partial charge on any atom is -0.481 e. The maximum atomic E-state index is 13.0. The van der Waals surface area contributed by atoms with Crippen LogP contribution in [-0.2, 0) is 21.8 Å². The van der Waals surface area contributed by atoms with Crippen LogP contribution in [0.25, 0.3) is 5.78 Å². The Bertz CT molecular complexity index is 1270. The highest BCUT2D eigenvalue weighted by Gasteiger charge is 2.31. The Labute approximate surface area is 176 Å². The standard InChI is InChI=1S/C16H20N6O6S2/c1-6-7-28-14(23)12-9(2)19-21(3)13(12)30(24,25)20-16-18-15-17-10(26-4)8-11(27-5)22(15)29-16/h8H,6-7H2,1-5H3/b20-16+. The molecule has 0 saturated carbocycles. The third-order valence-corrected chi connectivity index (χ3v) is 6.24. The van der Waals surface area contributed by atoms with Crippen molar-refractivity contribution in [2.75, 3.05) is 20.8 Å². The van der Waals surface area contributed by atoms with Crippen molar-refractivity contribution >= 4 is 33.3 Å². The first kappa shape index (κ1) is 21.7. The minimum atomic E-state index is -4.35. The first-order chi connectivity index (χ1) is 14.2. The molecule has 14 heteroatoms. The number of hydrogen-bond donors (Lipinski definition) is 0. The molecule has 0 unspecified atom stereocenters. The second kappa shape index (κ2) is 8.39. The predicted octanol–water partition coefficient (Wildman–Crippen LogP) is 0.706. The fraction of sp³-hybridized carbons (Fsp3) is 0.438. The Morgan fingerprint density at radius 2 is 2.00 bits per heavy atom. The van der Waals surface area contributed by atoms with Gasteiger partial charge in [-0.3, -0.25) is 4.68 Å². The average molecular weight is 457 g/mol. The van der Waals surface area contributed by atoms with Gasteiger partial charge in [-0.15, -0.1) is 4.40 Å². The summed E-state index contributed by atoms with van der Waals surface area (Å²) in [5, 5.41) is 3.67. The fourth-order valence-electron chi connectivity index (χ4n) is 2.65. The van der Waals surface area contributed by atoms with Gasteiger partial charge in [-0.2, -0.15) is 27.3 Å². The van der Waals surface area contributed by atoms with Crippen LogP contribution in [0.5, 0.6) is 11.8 Å². The number of carbonyl (C=O) groups is 1. The number of fused-ring (bicyclic) bond motifs is 1. The summed E-state index contributed by atoms with van der Waals surface area (Å²) in [5.74, 6) is -0.0416. The van der Waals surface area contributed by atoms with Gasteiger partial charge < -0.3 is 14.2 Å². The summed E-state index contributed by atoms with van der Waals surface area (Å²) in [6, 6.07) is 1.52. The molecule has 3 rings (SSSR count). The molecule has 0 atom stereocenters. The summed E-state index contributed by atoms with van der Waals surface area (Å²) in [6.07, 6.45) is 0.596. The highest BCUT2D eigenvalue weighted by Crippen LogP contribution is 2.23. The van der Waals surface area contributed by atoms with Gasteiger partial charge in [0.15, 0.2) is 5.03 Å². The van der Waals surface area contributed by atoms with E-state index in [9.17, 15) is 13.2 Å². The van der Waals surface area contributed by atoms with E-state index in [1.807, 2.05) is 6.92 Å². The zero-order valence-corrected chi connectivity index (χ0v) is 18.6. The molecule has 0 radical (unpaired) electrons. The monoisotopic (exact) mass is 456 g/mol. The number of nitrogens with zero attached hydrogens (tertiary/aromatic N) is 6. The molecule has 3 heterocycles. The van der Waals surface area contributed by atoms with E-state index >= 15 is 0 Å². The number of aromatic nitrogens is 5. The topological polar surface area (TPSA) is 139 Å². The summed E-state index contributed by atoms with van der Waals surface area (Å²) < 4.78 is 47.8. The van der Waals surface area contributed by atoms with Crippen LogP contribution in [0.15, 0.2) is 15.5 Å². The van der Waals surface area contributed by atoms with Crippen LogP contribution in [0.3, 0.4) is 0 Å². The van der Waals surface area contributed by atoms with Gasteiger partial charge >= 0.3 is 16.0 Å². The molecular formula is C16H20N6O6S2. The highest BCUT2D eigenvalue weighted by atomic mass is 32.2. The number of aryl methyl sites for hydroxylation is 2. The van der Waals surface area contributed by atoms with Crippen LogP contribution >= 0.6 is 11.5 Å². The van der Waals surface area contributed by atoms with Crippen molar-refractivity contribution in [3.63, 3.8) is 0 Å². The van der Waals surface area contributed by atoms with Crippen molar-refractivity contribution in [3.8, 4) is 11.8 Å². The van der Waals surface area contributed by atoms with E-state index in [2.05, 4.69) is 19.5 Å². The number of methoxy groups -OCH3 is 2. The number of carbonyl (C=O) groups excluding carboxylic acids is 1. The second-order valence-corrected chi connectivity index (χ2v) is 8.44. The van der Waals surface area contributed by atoms with Gasteiger partial charge in [-0.1, -0.05) is 6.92 Å². The second-order valence-electron chi connectivity index (χ2n) is 6.01. The summed E-state index contributed by atoms with van der Waals surface area (Å²) >= 11 is 0.901. The van der Waals surface area contributed by atoms with E-state index in [0.717, 1.165) is 16.2 Å². The molecule has 0 N–H and O–H groups in total. The predicted molar refractivity (Wildman–Crippen MR) is 105 cm³/mol. The lowest BCUT2D eigenvalue weighted by Gasteiger charge is -2.04. The van der Waals surface area contributed by atoms with Crippen molar-refractivity contribution in [1.82, 2.24) is 23.5 Å². The van der Waals surface area contributed by atoms with Gasteiger partial charge in [0.25, 0.3) is 5.78 Å². The van der Waals surface area contributed by atoms with Crippen molar-refractivity contribution in [1.29, 1.82) is 0 Å². The van der Waals surface area contributed by atoms with Crippen molar-refractivity contribution in [3.05, 3.63) is 22.1 Å². The average Bonchev–Trinajstić information content (AvgIpc) is 3.23. The van der Waals surface area contributed by atoms with Crippen molar-refractivity contribution in [2.24, 2.45) is 11.4 Å². The zero-order chi connectivity index (χ0) is 22.1. The van der Waals surface area contributed by atoms with Crippen LogP contribution in [-0.4, -0.2) is 58.8 Å². The SMILES string of the molecule is CCCOC(=O)c1c(C)nn(C)c1S(=O)(=O)/N=c1\nc2nc(OC)cc(OC)n2s1. The molecule has 3 aromatic heterocycles. The molecule has 0 fully saturated rings. The number of esters is 1. The van der Waals surface area contributed by atoms with Crippen LogP contribution in [0, 0.1) is 6.92 Å². The van der Waals surface area contributed by atoms with Crippen LogP contribution in [0.4, 0.5) is 0 Å². The molecule has 162 valence electrons. The van der Waals surface area contributed by atoms with E-state index in [-0.39, 0.29) is 39.3 Å². The summed E-state index contributed by atoms with van der Waals surface area (Å²) in [7, 11) is -0.0558. The Hall–Kier alpha value is -3.00. The molecule has 0 amide bonds. The van der Waals surface area contributed by atoms with Crippen LogP contribution in [0.2, 0.25) is 0 Å². The third kappa shape index (κ3) is 4.00. The Morgan fingerprint density at radius 1 is 1.27 bits per heavy atom. The van der Waals surface area contributed by atoms with E-state index in [4.69, 9.17) is 14.2 Å². The fourth-order valence-corrected chi connectivity index (χ4v) is 4.94. The molecule has 0 saturated heterocycles. The third-order valence-electron chi connectivity index (χ3n) is 3.88. The number of sulfonamides is 1. The number of hydrogen-bond acceptors (Lipinski definition) is 10. The summed E-state index contributed by atoms with van der Waals surface area (Å²) in [5.41, 5.74) is 0.0694. The first-order valence-corrected chi connectivity index (χ1v) is 10.9. The van der Waals surface area contributed by atoms with Gasteiger partial charge in [-0.25, -0.2) is 4.79 Å². The number of ether oxygens (including phenoxy) is 3. The van der Waals surface area contributed by atoms with E-state index < -0.39 is 16.0 Å². The zero-order valence-electron chi connectivity index (χ0n) is 16.9. The molecule has 3 aromatic rings. The van der Waals surface area contributed by atoms with Gasteiger partial charge in [0.1, 0.15) is 5.56 Å². The summed E-state index contributed by atoms with van der Waals surface area (Å²) in [6.45, 7) is 3.51. The van der Waals surface area contributed by atoms with E-state index in [0.29, 0.717) is 12.3 Å². The smallest absolute Gasteiger partial charge is 0.343 e. The van der Waals surface area contributed by atoms with Crippen LogP contribution in [0.1, 0.15) is 29.4 Å². The minimum absolute atomic E-state index is 0.110. The molecule has 30 heavy (non-hydrogen) atoms. The highest BCUT2D eigenvalue weighted by molar-refractivity contribution is 7.90. The molecule has 0 aliphatic heterocycles. The van der Waals surface area contributed by atoms with Gasteiger partial charge in [0.05, 0.1) is 32.6 Å². The van der Waals surface area contributed by atoms with Gasteiger partial charge in [-0.05, 0) is 24.9 Å². The summed E-state index contributed by atoms with van der Waals surface area (Å²) in [4.78, 5) is 20.6. The molecule has 0 bridgehead atoms. The molecule has 12 nitrogen and oxygen atoms in total. The normalized spacial score (nSPS) is 12.4.